The van der Waals surface area contributed by atoms with Gasteiger partial charge in [0.15, 0.2) is 0 Å². The normalized spacial score (nSPS) is 10.6. The highest BCUT2D eigenvalue weighted by Gasteiger charge is 2.09. The Hall–Kier alpha value is -1.75. The Balaban J connectivity index is 2.53. The summed E-state index contributed by atoms with van der Waals surface area (Å²) in [6.07, 6.45) is 4.24. The van der Waals surface area contributed by atoms with E-state index in [0.29, 0.717) is 26.0 Å². The number of hydrogen-bond donors (Lipinski definition) is 2. The van der Waals surface area contributed by atoms with Gasteiger partial charge in [-0.25, -0.2) is 0 Å². The van der Waals surface area contributed by atoms with Gasteiger partial charge in [0.2, 0.25) is 5.91 Å². The largest absolute Gasteiger partial charge is 0.397 e. The Kier molecular flexibility index (Phi) is 9.92. The van der Waals surface area contributed by atoms with E-state index in [-0.39, 0.29) is 5.91 Å². The Morgan fingerprint density at radius 3 is 2.54 bits per heavy atom. The molecule has 1 aromatic carbocycles. The summed E-state index contributed by atoms with van der Waals surface area (Å²) in [6, 6.07) is 6.18. The first-order valence-corrected chi connectivity index (χ1v) is 9.01. The van der Waals surface area contributed by atoms with Crippen molar-refractivity contribution in [2.75, 3.05) is 44.0 Å². The van der Waals surface area contributed by atoms with Gasteiger partial charge >= 0.3 is 0 Å². The molecule has 1 amide bonds. The zero-order valence-electron chi connectivity index (χ0n) is 15.4. The van der Waals surface area contributed by atoms with Crippen LogP contribution in [0.15, 0.2) is 18.2 Å². The number of nitrogens with one attached hydrogen (secondary N) is 1. The third-order valence-electron chi connectivity index (χ3n) is 3.91. The van der Waals surface area contributed by atoms with Gasteiger partial charge in [0.05, 0.1) is 11.4 Å². The van der Waals surface area contributed by atoms with Gasteiger partial charge in [0.1, 0.15) is 0 Å². The number of ether oxygens (including phenoxy) is 1. The van der Waals surface area contributed by atoms with Gasteiger partial charge in [-0.1, -0.05) is 19.9 Å². The van der Waals surface area contributed by atoms with E-state index >= 15 is 0 Å². The lowest BCUT2D eigenvalue weighted by atomic mass is 10.1. The van der Waals surface area contributed by atoms with Crippen LogP contribution in [0.4, 0.5) is 11.4 Å². The number of amides is 1. The second-order valence-electron chi connectivity index (χ2n) is 6.08. The molecule has 0 radical (unpaired) electrons. The van der Waals surface area contributed by atoms with Crippen LogP contribution in [0.1, 0.15) is 45.1 Å². The monoisotopic (exact) mass is 335 g/mol. The minimum absolute atomic E-state index is 0.0762. The second kappa shape index (κ2) is 11.7. The summed E-state index contributed by atoms with van der Waals surface area (Å²) in [7, 11) is 1.66. The molecule has 0 spiro atoms. The number of nitrogens with zero attached hydrogens (tertiary/aromatic N) is 1. The van der Waals surface area contributed by atoms with Crippen molar-refractivity contribution in [3.63, 3.8) is 0 Å². The molecule has 0 atom stereocenters. The van der Waals surface area contributed by atoms with Crippen LogP contribution < -0.4 is 16.0 Å². The summed E-state index contributed by atoms with van der Waals surface area (Å²) in [5, 5.41) is 2.91. The Bertz CT molecular complexity index is 486. The van der Waals surface area contributed by atoms with Crippen molar-refractivity contribution >= 4 is 17.3 Å². The first-order valence-electron chi connectivity index (χ1n) is 9.01. The Labute approximate surface area is 146 Å². The summed E-state index contributed by atoms with van der Waals surface area (Å²) in [5.41, 5.74) is 9.26. The molecule has 0 fully saturated rings. The van der Waals surface area contributed by atoms with Crippen LogP contribution in [0.3, 0.4) is 0 Å². The molecule has 5 heteroatoms. The first kappa shape index (κ1) is 20.3. The lowest BCUT2D eigenvalue weighted by Gasteiger charge is -2.25. The average Bonchev–Trinajstić information content (AvgIpc) is 2.57. The minimum Gasteiger partial charge on any atom is -0.397 e. The molecule has 0 aliphatic rings. The highest BCUT2D eigenvalue weighted by atomic mass is 16.5. The number of benzene rings is 1. The average molecular weight is 335 g/mol. The van der Waals surface area contributed by atoms with E-state index in [9.17, 15) is 4.79 Å². The molecule has 3 N–H and O–H groups in total. The Morgan fingerprint density at radius 1 is 1.25 bits per heavy atom. The van der Waals surface area contributed by atoms with Crippen LogP contribution in [0.25, 0.3) is 0 Å². The molecule has 136 valence electrons. The molecule has 0 aliphatic heterocycles. The molecular weight excluding hydrogens is 302 g/mol. The number of nitrogen functional groups attached to an aromatic ring is 1. The fourth-order valence-corrected chi connectivity index (χ4v) is 2.73. The third-order valence-corrected chi connectivity index (χ3v) is 3.91. The van der Waals surface area contributed by atoms with Crippen molar-refractivity contribution in [1.29, 1.82) is 0 Å². The predicted octanol–water partition coefficient (Wildman–Crippen LogP) is 2.98. The molecule has 0 heterocycles. The zero-order chi connectivity index (χ0) is 17.8. The van der Waals surface area contributed by atoms with Crippen molar-refractivity contribution in [1.82, 2.24) is 5.32 Å². The zero-order valence-corrected chi connectivity index (χ0v) is 15.4. The maximum Gasteiger partial charge on any atom is 0.220 e. The lowest BCUT2D eigenvalue weighted by Crippen LogP contribution is -2.26. The number of carbonyl (C=O) groups is 1. The van der Waals surface area contributed by atoms with E-state index in [4.69, 9.17) is 10.5 Å². The summed E-state index contributed by atoms with van der Waals surface area (Å²) in [6.45, 7) is 7.72. The molecule has 0 saturated carbocycles. The number of carbonyl (C=O) groups excluding carboxylic acids is 1. The quantitative estimate of drug-likeness (QED) is 0.455. The number of hydrogen-bond acceptors (Lipinski definition) is 4. The van der Waals surface area contributed by atoms with E-state index in [1.807, 2.05) is 6.07 Å². The molecule has 0 aromatic heterocycles. The molecule has 0 unspecified atom stereocenters. The van der Waals surface area contributed by atoms with E-state index in [1.165, 1.54) is 0 Å². The lowest BCUT2D eigenvalue weighted by molar-refractivity contribution is -0.121. The van der Waals surface area contributed by atoms with Gasteiger partial charge in [0, 0.05) is 39.8 Å². The highest BCUT2D eigenvalue weighted by Crippen LogP contribution is 2.25. The molecule has 24 heavy (non-hydrogen) atoms. The Morgan fingerprint density at radius 2 is 1.96 bits per heavy atom. The molecule has 5 nitrogen and oxygen atoms in total. The van der Waals surface area contributed by atoms with E-state index < -0.39 is 0 Å². The standard InChI is InChI=1S/C19H33N3O2/c1-4-12-22(13-5-2)18-9-7-16(15-17(18)20)8-10-19(23)21-11-6-14-24-3/h7,9,15H,4-6,8,10-14,20H2,1-3H3,(H,21,23). The number of methoxy groups -OCH3 is 1. The van der Waals surface area contributed by atoms with E-state index in [1.54, 1.807) is 7.11 Å². The SMILES string of the molecule is CCCN(CCC)c1ccc(CCC(=O)NCCCOC)cc1N. The minimum atomic E-state index is 0.0762. The molecule has 1 aromatic rings. The summed E-state index contributed by atoms with van der Waals surface area (Å²) in [4.78, 5) is 14.2. The van der Waals surface area contributed by atoms with Crippen LogP contribution in [-0.2, 0) is 16.0 Å². The molecular formula is C19H33N3O2. The summed E-state index contributed by atoms with van der Waals surface area (Å²) >= 11 is 0. The number of rotatable bonds is 12. The van der Waals surface area contributed by atoms with E-state index in [0.717, 1.165) is 49.3 Å². The van der Waals surface area contributed by atoms with Gasteiger partial charge in [-0.3, -0.25) is 4.79 Å². The van der Waals surface area contributed by atoms with Gasteiger partial charge in [-0.15, -0.1) is 0 Å². The number of anilines is 2. The highest BCUT2D eigenvalue weighted by molar-refractivity contribution is 5.76. The third kappa shape index (κ3) is 7.21. The van der Waals surface area contributed by atoms with Gasteiger partial charge in [-0.2, -0.15) is 0 Å². The fourth-order valence-electron chi connectivity index (χ4n) is 2.73. The molecule has 0 aliphatic carbocycles. The fraction of sp³-hybridized carbons (Fsp3) is 0.632. The van der Waals surface area contributed by atoms with Crippen LogP contribution in [0.5, 0.6) is 0 Å². The van der Waals surface area contributed by atoms with Gasteiger partial charge in [0.25, 0.3) is 0 Å². The van der Waals surface area contributed by atoms with Crippen LogP contribution >= 0.6 is 0 Å². The molecule has 0 saturated heterocycles. The number of nitrogens with two attached hydrogens (primary N) is 1. The van der Waals surface area contributed by atoms with Crippen molar-refractivity contribution in [3.8, 4) is 0 Å². The van der Waals surface area contributed by atoms with E-state index in [2.05, 4.69) is 36.2 Å². The maximum absolute atomic E-state index is 11.8. The van der Waals surface area contributed by atoms with Crippen LogP contribution in [-0.4, -0.2) is 39.3 Å². The van der Waals surface area contributed by atoms with Crippen molar-refractivity contribution in [2.45, 2.75) is 46.0 Å². The number of aryl methyl sites for hydroxylation is 1. The first-order chi connectivity index (χ1) is 11.6. The predicted molar refractivity (Wildman–Crippen MR) is 101 cm³/mol. The second-order valence-corrected chi connectivity index (χ2v) is 6.08. The van der Waals surface area contributed by atoms with Crippen molar-refractivity contribution in [2.24, 2.45) is 0 Å². The van der Waals surface area contributed by atoms with Crippen molar-refractivity contribution in [3.05, 3.63) is 23.8 Å². The van der Waals surface area contributed by atoms with Gasteiger partial charge in [-0.05, 0) is 43.4 Å². The smallest absolute Gasteiger partial charge is 0.220 e. The van der Waals surface area contributed by atoms with Crippen LogP contribution in [0.2, 0.25) is 0 Å². The summed E-state index contributed by atoms with van der Waals surface area (Å²) < 4.78 is 4.96. The maximum atomic E-state index is 11.8. The summed E-state index contributed by atoms with van der Waals surface area (Å²) in [5.74, 6) is 0.0762. The topological polar surface area (TPSA) is 67.6 Å². The molecule has 0 bridgehead atoms. The van der Waals surface area contributed by atoms with Crippen LogP contribution in [0, 0.1) is 0 Å². The van der Waals surface area contributed by atoms with Crippen molar-refractivity contribution < 1.29 is 9.53 Å². The van der Waals surface area contributed by atoms with Gasteiger partial charge < -0.3 is 20.7 Å². The molecule has 1 rings (SSSR count).